The van der Waals surface area contributed by atoms with Crippen LogP contribution in [0, 0.1) is 5.92 Å². The summed E-state index contributed by atoms with van der Waals surface area (Å²) in [5, 5.41) is 13.1. The van der Waals surface area contributed by atoms with E-state index in [0.29, 0.717) is 55.5 Å². The van der Waals surface area contributed by atoms with Crippen LogP contribution >= 0.6 is 0 Å². The highest BCUT2D eigenvalue weighted by atomic mass is 19.3. The number of fused-ring (bicyclic) bond motifs is 2. The van der Waals surface area contributed by atoms with Gasteiger partial charge in [0.15, 0.2) is 11.3 Å². The molecule has 3 fully saturated rings. The molecule has 2 atom stereocenters. The molecule has 4 aromatic heterocycles. The largest absolute Gasteiger partial charge is 0.364 e. The van der Waals surface area contributed by atoms with Crippen LogP contribution in [-0.4, -0.2) is 94.8 Å². The normalized spacial score (nSPS) is 23.0. The maximum Gasteiger partial charge on any atom is 0.329 e. The van der Waals surface area contributed by atoms with E-state index in [9.17, 15) is 28.0 Å². The molecular formula is C37H41F4N11O4. The number of halogens is 4. The number of benzene rings is 1. The number of hydrogen-bond donors (Lipinski definition) is 2. The lowest BCUT2D eigenvalue weighted by molar-refractivity contribution is -0.135. The first-order valence-electron chi connectivity index (χ1n) is 18.6. The van der Waals surface area contributed by atoms with Crippen LogP contribution in [0.1, 0.15) is 79.5 Å². The van der Waals surface area contributed by atoms with E-state index >= 15 is 8.78 Å². The number of carbonyl (C=O) groups excluding carboxylic acids is 3. The van der Waals surface area contributed by atoms with Crippen molar-refractivity contribution in [1.82, 2.24) is 43.7 Å². The van der Waals surface area contributed by atoms with E-state index in [2.05, 4.69) is 25.8 Å². The van der Waals surface area contributed by atoms with Crippen molar-refractivity contribution in [2.75, 3.05) is 36.9 Å². The number of alkyl halides is 4. The highest BCUT2D eigenvalue weighted by molar-refractivity contribution is 6.08. The van der Waals surface area contributed by atoms with Gasteiger partial charge in [0.1, 0.15) is 11.6 Å². The van der Waals surface area contributed by atoms with Crippen LogP contribution in [-0.2, 0) is 16.6 Å². The highest BCUT2D eigenvalue weighted by Crippen LogP contribution is 2.39. The molecule has 19 heteroatoms. The summed E-state index contributed by atoms with van der Waals surface area (Å²) in [4.78, 5) is 58.3. The summed E-state index contributed by atoms with van der Waals surface area (Å²) in [5.41, 5.74) is 0.659. The first kappa shape index (κ1) is 37.3. The summed E-state index contributed by atoms with van der Waals surface area (Å²) in [6.45, 7) is 0.180. The predicted octanol–water partition coefficient (Wildman–Crippen LogP) is 4.32. The summed E-state index contributed by atoms with van der Waals surface area (Å²) in [5.74, 6) is -4.60. The summed E-state index contributed by atoms with van der Waals surface area (Å²) >= 11 is 0. The zero-order valence-corrected chi connectivity index (χ0v) is 30.7. The summed E-state index contributed by atoms with van der Waals surface area (Å²) in [6, 6.07) is 4.60. The fraction of sp³-hybridized carbons (Fsp3) is 0.486. The number of hydrogen-bond acceptors (Lipinski definition) is 9. The number of carbonyl (C=O) groups is 3. The van der Waals surface area contributed by atoms with E-state index in [0.717, 1.165) is 0 Å². The van der Waals surface area contributed by atoms with Gasteiger partial charge in [0.2, 0.25) is 11.8 Å². The molecule has 8 rings (SSSR count). The van der Waals surface area contributed by atoms with Crippen LogP contribution in [0.25, 0.3) is 16.7 Å². The lowest BCUT2D eigenvalue weighted by Crippen LogP contribution is -2.58. The highest BCUT2D eigenvalue weighted by Gasteiger charge is 2.47. The molecule has 2 unspecified atom stereocenters. The zero-order valence-electron chi connectivity index (χ0n) is 30.7. The van der Waals surface area contributed by atoms with Gasteiger partial charge in [-0.25, -0.2) is 31.9 Å². The standard InChI is InChI=1S/C37H41F4N11O4/c1-47(18-21-7-9-22(10-8-21)51-19-24(30(46-51)32(38)39)44-34(54)23-17-43-50-15-4-14-42-33(23)50)28-13-16-49(20-37(28,40)41)25-5-3-6-26-31(25)48(2)36(56)52(26)27-11-12-29(53)45-35(27)55/h3-6,14-15,17,19,21-22,27-28,32H,7-13,16,18,20H2,1-2H3,(H,44,54)(H,45,53,55)/t21-,22-,27?,28?. The molecule has 1 aliphatic carbocycles. The molecule has 3 aliphatic rings. The Morgan fingerprint density at radius 1 is 1.09 bits per heavy atom. The molecule has 0 bridgehead atoms. The molecule has 0 spiro atoms. The molecule has 3 amide bonds. The van der Waals surface area contributed by atoms with Crippen molar-refractivity contribution in [2.45, 2.75) is 75.4 Å². The Morgan fingerprint density at radius 3 is 2.61 bits per heavy atom. The molecule has 15 nitrogen and oxygen atoms in total. The lowest BCUT2D eigenvalue weighted by Gasteiger charge is -2.44. The minimum atomic E-state index is -3.10. The number of aryl methyl sites for hydroxylation is 1. The van der Waals surface area contributed by atoms with Gasteiger partial charge < -0.3 is 10.2 Å². The molecule has 1 aromatic carbocycles. The average molecular weight is 780 g/mol. The van der Waals surface area contributed by atoms with Gasteiger partial charge in [-0.05, 0) is 69.7 Å². The third-order valence-electron chi connectivity index (χ3n) is 11.5. The molecule has 5 aromatic rings. The molecule has 2 aliphatic heterocycles. The van der Waals surface area contributed by atoms with Gasteiger partial charge in [0.05, 0.1) is 47.2 Å². The molecule has 0 radical (unpaired) electrons. The van der Waals surface area contributed by atoms with Gasteiger partial charge in [0.25, 0.3) is 18.3 Å². The van der Waals surface area contributed by atoms with Crippen LogP contribution < -0.4 is 21.2 Å². The molecule has 6 heterocycles. The average Bonchev–Trinajstić information content (AvgIpc) is 3.86. The molecule has 1 saturated carbocycles. The molecular weight excluding hydrogens is 738 g/mol. The third kappa shape index (κ3) is 6.70. The van der Waals surface area contributed by atoms with E-state index in [1.165, 1.54) is 36.9 Å². The van der Waals surface area contributed by atoms with Gasteiger partial charge in [-0.15, -0.1) is 0 Å². The predicted molar refractivity (Wildman–Crippen MR) is 196 cm³/mol. The Balaban J connectivity index is 0.903. The van der Waals surface area contributed by atoms with Crippen molar-refractivity contribution in [2.24, 2.45) is 13.0 Å². The van der Waals surface area contributed by atoms with Gasteiger partial charge >= 0.3 is 5.69 Å². The monoisotopic (exact) mass is 779 g/mol. The van der Waals surface area contributed by atoms with Crippen LogP contribution in [0.2, 0.25) is 0 Å². The van der Waals surface area contributed by atoms with E-state index < -0.39 is 60.1 Å². The quantitative estimate of drug-likeness (QED) is 0.164. The number of rotatable bonds is 9. The summed E-state index contributed by atoms with van der Waals surface area (Å²) in [7, 11) is 3.26. The van der Waals surface area contributed by atoms with Crippen LogP contribution in [0.15, 0.2) is 53.8 Å². The number of amides is 3. The maximum atomic E-state index is 16.1. The Labute approximate surface area is 317 Å². The van der Waals surface area contributed by atoms with Gasteiger partial charge in [-0.3, -0.25) is 38.4 Å². The molecule has 2 saturated heterocycles. The van der Waals surface area contributed by atoms with Crippen LogP contribution in [0.5, 0.6) is 0 Å². The first-order chi connectivity index (χ1) is 26.8. The minimum absolute atomic E-state index is 0.0898. The van der Waals surface area contributed by atoms with E-state index in [-0.39, 0.29) is 48.1 Å². The van der Waals surface area contributed by atoms with E-state index in [4.69, 9.17) is 0 Å². The van der Waals surface area contributed by atoms with Crippen LogP contribution in [0.4, 0.5) is 28.9 Å². The second-order valence-electron chi connectivity index (χ2n) is 15.0. The van der Waals surface area contributed by atoms with Crippen molar-refractivity contribution in [3.05, 3.63) is 70.8 Å². The Morgan fingerprint density at radius 2 is 1.88 bits per heavy atom. The van der Waals surface area contributed by atoms with Crippen LogP contribution in [0.3, 0.4) is 0 Å². The smallest absolute Gasteiger partial charge is 0.329 e. The SMILES string of the molecule is CN(C[C@H]1CC[C@H](n2cc(NC(=O)c3cnn4cccnc34)c(C(F)F)n2)CC1)C1CCN(c2cccc3c2n(C)c(=O)n3C2CCC(=O)NC2=O)CC1(F)F. The van der Waals surface area contributed by atoms with Crippen molar-refractivity contribution in [3.8, 4) is 0 Å². The minimum Gasteiger partial charge on any atom is -0.364 e. The second-order valence-corrected chi connectivity index (χ2v) is 15.0. The summed E-state index contributed by atoms with van der Waals surface area (Å²) in [6.07, 6.45) is 5.92. The molecule has 2 N–H and O–H groups in total. The Kier molecular flexibility index (Phi) is 9.66. The first-order valence-corrected chi connectivity index (χ1v) is 18.6. The fourth-order valence-corrected chi connectivity index (χ4v) is 8.73. The molecule has 296 valence electrons. The number of para-hydroxylation sites is 1. The van der Waals surface area contributed by atoms with Gasteiger partial charge in [0, 0.05) is 45.1 Å². The van der Waals surface area contributed by atoms with Crippen molar-refractivity contribution < 1.29 is 31.9 Å². The number of nitrogens with one attached hydrogen (secondary N) is 2. The van der Waals surface area contributed by atoms with Crippen molar-refractivity contribution in [1.29, 1.82) is 0 Å². The van der Waals surface area contributed by atoms with E-state index in [1.807, 2.05) is 0 Å². The third-order valence-corrected chi connectivity index (χ3v) is 11.5. The number of imidazole rings is 1. The summed E-state index contributed by atoms with van der Waals surface area (Å²) < 4.78 is 65.8. The van der Waals surface area contributed by atoms with Crippen molar-refractivity contribution in [3.63, 3.8) is 0 Å². The van der Waals surface area contributed by atoms with Gasteiger partial charge in [-0.1, -0.05) is 6.07 Å². The van der Waals surface area contributed by atoms with Crippen molar-refractivity contribution >= 4 is 45.8 Å². The Hall–Kier alpha value is -5.59. The number of nitrogens with zero attached hydrogens (tertiary/aromatic N) is 9. The number of piperidine rings is 2. The molecule has 56 heavy (non-hydrogen) atoms. The second kappa shape index (κ2) is 14.5. The van der Waals surface area contributed by atoms with E-state index in [1.54, 1.807) is 54.4 Å². The number of anilines is 2. The van der Waals surface area contributed by atoms with Gasteiger partial charge in [-0.2, -0.15) is 10.2 Å². The number of aromatic nitrogens is 7. The lowest BCUT2D eigenvalue weighted by atomic mass is 9.85. The fourth-order valence-electron chi connectivity index (χ4n) is 8.73. The maximum absolute atomic E-state index is 16.1. The topological polar surface area (TPSA) is 157 Å². The number of imide groups is 1. The Bertz CT molecular complexity index is 2380. The zero-order chi connectivity index (χ0) is 39.5.